The Hall–Kier alpha value is -0.770. The second-order valence-corrected chi connectivity index (χ2v) is 3.77. The molecule has 0 aromatic carbocycles. The molecular formula is C9H10FNOS. The number of hydrogen-bond donors (Lipinski definition) is 0. The van der Waals surface area contributed by atoms with Gasteiger partial charge >= 0.3 is 0 Å². The van der Waals surface area contributed by atoms with E-state index in [0.717, 1.165) is 12.8 Å². The molecular weight excluding hydrogens is 189 g/mol. The average Bonchev–Trinajstić information content (AvgIpc) is 2.89. The zero-order chi connectivity index (χ0) is 9.26. The predicted octanol–water partition coefficient (Wildman–Crippen LogP) is 2.48. The number of thioether (sulfide) groups is 1. The predicted molar refractivity (Wildman–Crippen MR) is 49.6 cm³/mol. The minimum atomic E-state index is -0.439. The monoisotopic (exact) mass is 199 g/mol. The number of halogens is 1. The first-order chi connectivity index (χ1) is 6.31. The highest BCUT2D eigenvalue weighted by Crippen LogP contribution is 2.33. The Bertz CT molecular complexity index is 314. The van der Waals surface area contributed by atoms with E-state index in [1.54, 1.807) is 6.07 Å². The van der Waals surface area contributed by atoms with Crippen LogP contribution in [0.25, 0.3) is 0 Å². The molecule has 2 nitrogen and oxygen atoms in total. The molecule has 1 aromatic heterocycles. The second-order valence-electron chi connectivity index (χ2n) is 2.95. The Morgan fingerprint density at radius 3 is 3.00 bits per heavy atom. The third-order valence-electron chi connectivity index (χ3n) is 1.85. The molecule has 0 radical (unpaired) electrons. The van der Waals surface area contributed by atoms with Gasteiger partial charge in [-0.05, 0) is 25.2 Å². The fourth-order valence-electron chi connectivity index (χ4n) is 1.05. The van der Waals surface area contributed by atoms with Crippen LogP contribution >= 0.6 is 11.8 Å². The molecule has 1 heterocycles. The highest BCUT2D eigenvalue weighted by molar-refractivity contribution is 7.98. The third kappa shape index (κ3) is 1.94. The van der Waals surface area contributed by atoms with E-state index in [9.17, 15) is 4.39 Å². The van der Waals surface area contributed by atoms with Crippen LogP contribution in [0.3, 0.4) is 0 Å². The summed E-state index contributed by atoms with van der Waals surface area (Å²) < 4.78 is 18.6. The Morgan fingerprint density at radius 1 is 1.62 bits per heavy atom. The summed E-state index contributed by atoms with van der Waals surface area (Å²) >= 11 is 1.33. The maximum atomic E-state index is 13.1. The smallest absolute Gasteiger partial charge is 0.230 e. The second kappa shape index (κ2) is 3.54. The van der Waals surface area contributed by atoms with Crippen LogP contribution in [0.5, 0.6) is 5.75 Å². The van der Waals surface area contributed by atoms with Crippen molar-refractivity contribution in [2.24, 2.45) is 0 Å². The zero-order valence-corrected chi connectivity index (χ0v) is 8.10. The Labute approximate surface area is 80.5 Å². The lowest BCUT2D eigenvalue weighted by Gasteiger charge is -2.08. The number of rotatable bonds is 3. The molecule has 1 aliphatic carbocycles. The SMILES string of the molecule is CSc1c(OC2CC2)ccnc1F. The summed E-state index contributed by atoms with van der Waals surface area (Å²) in [7, 11) is 0. The minimum absolute atomic E-state index is 0.299. The summed E-state index contributed by atoms with van der Waals surface area (Å²) in [5.41, 5.74) is 0. The summed E-state index contributed by atoms with van der Waals surface area (Å²) in [6.45, 7) is 0. The van der Waals surface area contributed by atoms with Gasteiger partial charge in [0.05, 0.1) is 6.10 Å². The van der Waals surface area contributed by atoms with E-state index in [2.05, 4.69) is 4.98 Å². The third-order valence-corrected chi connectivity index (χ3v) is 2.62. The van der Waals surface area contributed by atoms with E-state index in [0.29, 0.717) is 16.7 Å². The van der Waals surface area contributed by atoms with Gasteiger partial charge in [0, 0.05) is 6.20 Å². The molecule has 1 saturated carbocycles. The van der Waals surface area contributed by atoms with Gasteiger partial charge in [-0.3, -0.25) is 0 Å². The summed E-state index contributed by atoms with van der Waals surface area (Å²) in [5, 5.41) is 0. The lowest BCUT2D eigenvalue weighted by Crippen LogP contribution is -1.99. The first-order valence-electron chi connectivity index (χ1n) is 4.16. The van der Waals surface area contributed by atoms with E-state index in [4.69, 9.17) is 4.74 Å². The fourth-order valence-corrected chi connectivity index (χ4v) is 1.59. The van der Waals surface area contributed by atoms with Crippen LogP contribution in [0.4, 0.5) is 4.39 Å². The molecule has 4 heteroatoms. The Balaban J connectivity index is 2.25. The van der Waals surface area contributed by atoms with Crippen molar-refractivity contribution in [3.63, 3.8) is 0 Å². The van der Waals surface area contributed by atoms with Crippen molar-refractivity contribution < 1.29 is 9.13 Å². The highest BCUT2D eigenvalue weighted by Gasteiger charge is 2.25. The van der Waals surface area contributed by atoms with Crippen molar-refractivity contribution in [2.45, 2.75) is 23.8 Å². The van der Waals surface area contributed by atoms with Gasteiger partial charge in [0.2, 0.25) is 5.95 Å². The summed E-state index contributed by atoms with van der Waals surface area (Å²) in [6.07, 6.45) is 5.72. The molecule has 1 aliphatic rings. The number of ether oxygens (including phenoxy) is 1. The quantitative estimate of drug-likeness (QED) is 0.551. The number of aromatic nitrogens is 1. The molecule has 0 bridgehead atoms. The molecule has 1 aromatic rings. The van der Waals surface area contributed by atoms with E-state index in [1.165, 1.54) is 18.0 Å². The van der Waals surface area contributed by atoms with Gasteiger partial charge in [-0.1, -0.05) is 0 Å². The molecule has 2 rings (SSSR count). The topological polar surface area (TPSA) is 22.1 Å². The summed E-state index contributed by atoms with van der Waals surface area (Å²) in [4.78, 5) is 4.08. The molecule has 0 saturated heterocycles. The highest BCUT2D eigenvalue weighted by atomic mass is 32.2. The van der Waals surface area contributed by atoms with Crippen LogP contribution in [0.1, 0.15) is 12.8 Å². The van der Waals surface area contributed by atoms with Crippen molar-refractivity contribution >= 4 is 11.8 Å². The molecule has 1 fully saturated rings. The zero-order valence-electron chi connectivity index (χ0n) is 7.29. The van der Waals surface area contributed by atoms with Gasteiger partial charge < -0.3 is 4.74 Å². The van der Waals surface area contributed by atoms with Crippen LogP contribution in [0.15, 0.2) is 17.2 Å². The lowest BCUT2D eigenvalue weighted by atomic mass is 10.4. The summed E-state index contributed by atoms with van der Waals surface area (Å²) in [5.74, 6) is 0.188. The van der Waals surface area contributed by atoms with Gasteiger partial charge in [-0.2, -0.15) is 4.39 Å². The first kappa shape index (κ1) is 8.81. The van der Waals surface area contributed by atoms with Gasteiger partial charge in [-0.25, -0.2) is 4.98 Å². The van der Waals surface area contributed by atoms with E-state index in [-0.39, 0.29) is 0 Å². The van der Waals surface area contributed by atoms with Crippen LogP contribution < -0.4 is 4.74 Å². The molecule has 13 heavy (non-hydrogen) atoms. The number of hydrogen-bond acceptors (Lipinski definition) is 3. The molecule has 0 amide bonds. The van der Waals surface area contributed by atoms with Crippen LogP contribution in [0.2, 0.25) is 0 Å². The normalized spacial score (nSPS) is 15.8. The molecule has 0 atom stereocenters. The van der Waals surface area contributed by atoms with Crippen molar-refractivity contribution in [3.8, 4) is 5.75 Å². The van der Waals surface area contributed by atoms with Gasteiger partial charge in [-0.15, -0.1) is 11.8 Å². The van der Waals surface area contributed by atoms with Crippen molar-refractivity contribution in [1.82, 2.24) is 4.98 Å². The Morgan fingerprint density at radius 2 is 2.38 bits per heavy atom. The molecule has 0 aliphatic heterocycles. The van der Waals surface area contributed by atoms with Gasteiger partial charge in [0.15, 0.2) is 0 Å². The largest absolute Gasteiger partial charge is 0.489 e. The maximum absolute atomic E-state index is 13.1. The summed E-state index contributed by atoms with van der Waals surface area (Å²) in [6, 6.07) is 1.72. The number of pyridine rings is 1. The van der Waals surface area contributed by atoms with Gasteiger partial charge in [0.25, 0.3) is 0 Å². The van der Waals surface area contributed by atoms with E-state index >= 15 is 0 Å². The minimum Gasteiger partial charge on any atom is -0.489 e. The average molecular weight is 199 g/mol. The molecule has 70 valence electrons. The molecule has 0 spiro atoms. The van der Waals surface area contributed by atoms with Crippen molar-refractivity contribution in [2.75, 3.05) is 6.26 Å². The van der Waals surface area contributed by atoms with Crippen LogP contribution in [-0.2, 0) is 0 Å². The molecule has 0 N–H and O–H groups in total. The maximum Gasteiger partial charge on any atom is 0.230 e. The van der Waals surface area contributed by atoms with Crippen LogP contribution in [-0.4, -0.2) is 17.3 Å². The lowest BCUT2D eigenvalue weighted by molar-refractivity contribution is 0.291. The molecule has 0 unspecified atom stereocenters. The van der Waals surface area contributed by atoms with E-state index < -0.39 is 5.95 Å². The van der Waals surface area contributed by atoms with E-state index in [1.807, 2.05) is 6.26 Å². The van der Waals surface area contributed by atoms with Gasteiger partial charge in [0.1, 0.15) is 10.6 Å². The number of nitrogens with zero attached hydrogens (tertiary/aromatic N) is 1. The van der Waals surface area contributed by atoms with Crippen molar-refractivity contribution in [3.05, 3.63) is 18.2 Å². The fraction of sp³-hybridized carbons (Fsp3) is 0.444. The van der Waals surface area contributed by atoms with Crippen molar-refractivity contribution in [1.29, 1.82) is 0 Å². The standard InChI is InChI=1S/C9H10FNOS/c1-13-8-7(12-6-2-3-6)4-5-11-9(8)10/h4-6H,2-3H2,1H3. The first-order valence-corrected chi connectivity index (χ1v) is 5.39. The van der Waals surface area contributed by atoms with Crippen LogP contribution in [0, 0.1) is 5.95 Å². The Kier molecular flexibility index (Phi) is 2.40.